The highest BCUT2D eigenvalue weighted by atomic mass is 19.1. The highest BCUT2D eigenvalue weighted by Gasteiger charge is 2.29. The lowest BCUT2D eigenvalue weighted by molar-refractivity contribution is 0.0486. The molecule has 3 aromatic carbocycles. The molecule has 0 saturated heterocycles. The van der Waals surface area contributed by atoms with E-state index in [0.29, 0.717) is 41.6 Å². The Labute approximate surface area is 222 Å². The number of aromatic nitrogens is 2. The van der Waals surface area contributed by atoms with Crippen molar-refractivity contribution in [3.05, 3.63) is 89.5 Å². The predicted molar refractivity (Wildman–Crippen MR) is 143 cm³/mol. The molecule has 0 radical (unpaired) electrons. The Bertz CT molecular complexity index is 1390. The van der Waals surface area contributed by atoms with Gasteiger partial charge in [-0.25, -0.2) is 18.7 Å². The smallest absolute Gasteiger partial charge is 0.420 e. The van der Waals surface area contributed by atoms with Crippen LogP contribution >= 0.6 is 0 Å². The van der Waals surface area contributed by atoms with Gasteiger partial charge in [0, 0.05) is 12.7 Å². The standard InChI is InChI=1S/C30H33FN2O5/c1-6-35-24-15-16-26-25(18-24)32-28(33(26)29(34)38-30(3,4)5)27(36-7-2)21-11-13-23(14-12-21)37-19-20-9-8-10-22(31)17-20/h8-18,27H,6-7,19H2,1-5H3. The van der Waals surface area contributed by atoms with E-state index in [0.717, 1.165) is 11.1 Å². The maximum Gasteiger partial charge on any atom is 0.420 e. The Morgan fingerprint density at radius 1 is 0.947 bits per heavy atom. The predicted octanol–water partition coefficient (Wildman–Crippen LogP) is 7.06. The molecule has 4 rings (SSSR count). The first kappa shape index (κ1) is 27.1. The van der Waals surface area contributed by atoms with Crippen molar-refractivity contribution in [2.45, 2.75) is 52.9 Å². The average molecular weight is 521 g/mol. The molecule has 0 fully saturated rings. The number of nitrogens with zero attached hydrogens (tertiary/aromatic N) is 2. The van der Waals surface area contributed by atoms with Gasteiger partial charge in [0.2, 0.25) is 0 Å². The summed E-state index contributed by atoms with van der Waals surface area (Å²) in [6.45, 7) is 10.4. The minimum atomic E-state index is -0.696. The molecule has 0 aliphatic heterocycles. The van der Waals surface area contributed by atoms with E-state index < -0.39 is 17.8 Å². The number of hydrogen-bond acceptors (Lipinski definition) is 6. The zero-order valence-electron chi connectivity index (χ0n) is 22.4. The number of carbonyl (C=O) groups is 1. The Hall–Kier alpha value is -3.91. The SMILES string of the molecule is CCOc1ccc2c(c1)nc(C(OCC)c1ccc(OCc3cccc(F)c3)cc1)n2C(=O)OC(C)(C)C. The fourth-order valence-electron chi connectivity index (χ4n) is 4.03. The number of benzene rings is 3. The molecule has 38 heavy (non-hydrogen) atoms. The lowest BCUT2D eigenvalue weighted by atomic mass is 10.1. The van der Waals surface area contributed by atoms with Crippen molar-refractivity contribution < 1.29 is 28.1 Å². The lowest BCUT2D eigenvalue weighted by Crippen LogP contribution is -2.29. The second kappa shape index (κ2) is 11.6. The molecule has 1 unspecified atom stereocenters. The van der Waals surface area contributed by atoms with E-state index in [9.17, 15) is 9.18 Å². The van der Waals surface area contributed by atoms with Crippen LogP contribution in [0.2, 0.25) is 0 Å². The van der Waals surface area contributed by atoms with Gasteiger partial charge in [-0.3, -0.25) is 0 Å². The van der Waals surface area contributed by atoms with Crippen molar-refractivity contribution in [1.29, 1.82) is 0 Å². The molecule has 1 aromatic heterocycles. The topological polar surface area (TPSA) is 71.8 Å². The van der Waals surface area contributed by atoms with Crippen LogP contribution < -0.4 is 9.47 Å². The van der Waals surface area contributed by atoms with E-state index in [1.807, 2.05) is 58.9 Å². The number of rotatable bonds is 9. The summed E-state index contributed by atoms with van der Waals surface area (Å²) in [6.07, 6.45) is -1.19. The number of ether oxygens (including phenoxy) is 4. The third kappa shape index (κ3) is 6.50. The van der Waals surface area contributed by atoms with Gasteiger partial charge in [-0.15, -0.1) is 0 Å². The third-order valence-corrected chi connectivity index (χ3v) is 5.58. The summed E-state index contributed by atoms with van der Waals surface area (Å²) in [5.74, 6) is 1.38. The van der Waals surface area contributed by atoms with Gasteiger partial charge in [0.15, 0.2) is 5.82 Å². The minimum absolute atomic E-state index is 0.239. The maximum atomic E-state index is 13.5. The van der Waals surface area contributed by atoms with Crippen LogP contribution in [-0.4, -0.2) is 34.5 Å². The van der Waals surface area contributed by atoms with Crippen LogP contribution in [0, 0.1) is 5.82 Å². The molecule has 200 valence electrons. The van der Waals surface area contributed by atoms with E-state index in [1.165, 1.54) is 16.7 Å². The Morgan fingerprint density at radius 2 is 1.68 bits per heavy atom. The van der Waals surface area contributed by atoms with Gasteiger partial charge in [-0.05, 0) is 82.1 Å². The number of halogens is 1. The van der Waals surface area contributed by atoms with Crippen LogP contribution in [0.5, 0.6) is 11.5 Å². The van der Waals surface area contributed by atoms with Gasteiger partial charge in [0.1, 0.15) is 35.6 Å². The van der Waals surface area contributed by atoms with Crippen LogP contribution in [0.3, 0.4) is 0 Å². The van der Waals surface area contributed by atoms with E-state index in [2.05, 4.69) is 0 Å². The van der Waals surface area contributed by atoms with E-state index in [-0.39, 0.29) is 12.4 Å². The second-order valence-electron chi connectivity index (χ2n) is 9.69. The minimum Gasteiger partial charge on any atom is -0.494 e. The quantitative estimate of drug-likeness (QED) is 0.235. The molecule has 8 heteroatoms. The highest BCUT2D eigenvalue weighted by molar-refractivity contribution is 5.88. The van der Waals surface area contributed by atoms with Crippen LogP contribution in [-0.2, 0) is 16.1 Å². The first-order valence-corrected chi connectivity index (χ1v) is 12.7. The van der Waals surface area contributed by atoms with Crippen molar-refractivity contribution in [3.63, 3.8) is 0 Å². The first-order chi connectivity index (χ1) is 18.2. The molecule has 7 nitrogen and oxygen atoms in total. The summed E-state index contributed by atoms with van der Waals surface area (Å²) in [4.78, 5) is 18.2. The van der Waals surface area contributed by atoms with Crippen molar-refractivity contribution in [3.8, 4) is 11.5 Å². The zero-order chi connectivity index (χ0) is 27.3. The fraction of sp³-hybridized carbons (Fsp3) is 0.333. The molecule has 0 amide bonds. The Balaban J connectivity index is 1.69. The largest absolute Gasteiger partial charge is 0.494 e. The lowest BCUT2D eigenvalue weighted by Gasteiger charge is -2.23. The van der Waals surface area contributed by atoms with Crippen LogP contribution in [0.25, 0.3) is 11.0 Å². The first-order valence-electron chi connectivity index (χ1n) is 12.7. The third-order valence-electron chi connectivity index (χ3n) is 5.58. The normalized spacial score (nSPS) is 12.4. The Kier molecular flexibility index (Phi) is 8.32. The number of fused-ring (bicyclic) bond motifs is 1. The summed E-state index contributed by atoms with van der Waals surface area (Å²) in [5, 5.41) is 0. The molecule has 0 spiro atoms. The summed E-state index contributed by atoms with van der Waals surface area (Å²) < 4.78 is 38.2. The molecular weight excluding hydrogens is 487 g/mol. The average Bonchev–Trinajstić information content (AvgIpc) is 3.24. The Morgan fingerprint density at radius 3 is 2.34 bits per heavy atom. The molecule has 1 heterocycles. The summed E-state index contributed by atoms with van der Waals surface area (Å²) in [7, 11) is 0. The molecule has 0 N–H and O–H groups in total. The monoisotopic (exact) mass is 520 g/mol. The van der Waals surface area contributed by atoms with Crippen molar-refractivity contribution in [1.82, 2.24) is 9.55 Å². The highest BCUT2D eigenvalue weighted by Crippen LogP contribution is 2.32. The zero-order valence-corrected chi connectivity index (χ0v) is 22.4. The molecule has 0 aliphatic rings. The number of carbonyl (C=O) groups excluding carboxylic acids is 1. The van der Waals surface area contributed by atoms with Gasteiger partial charge in [0.05, 0.1) is 17.6 Å². The van der Waals surface area contributed by atoms with Gasteiger partial charge >= 0.3 is 6.09 Å². The van der Waals surface area contributed by atoms with E-state index in [1.54, 1.807) is 30.3 Å². The van der Waals surface area contributed by atoms with E-state index in [4.69, 9.17) is 23.9 Å². The van der Waals surface area contributed by atoms with Gasteiger partial charge in [-0.2, -0.15) is 0 Å². The van der Waals surface area contributed by atoms with Crippen molar-refractivity contribution in [2.24, 2.45) is 0 Å². The van der Waals surface area contributed by atoms with Crippen LogP contribution in [0.1, 0.15) is 57.7 Å². The molecular formula is C30H33FN2O5. The van der Waals surface area contributed by atoms with Crippen LogP contribution in [0.15, 0.2) is 66.7 Å². The van der Waals surface area contributed by atoms with Crippen LogP contribution in [0.4, 0.5) is 9.18 Å². The molecule has 0 bridgehead atoms. The molecule has 0 aliphatic carbocycles. The molecule has 0 saturated carbocycles. The molecule has 1 atom stereocenters. The summed E-state index contributed by atoms with van der Waals surface area (Å²) in [5.41, 5.74) is 2.01. The fourth-order valence-corrected chi connectivity index (χ4v) is 4.03. The maximum absolute atomic E-state index is 13.5. The second-order valence-corrected chi connectivity index (χ2v) is 9.69. The van der Waals surface area contributed by atoms with Crippen molar-refractivity contribution >= 4 is 17.1 Å². The van der Waals surface area contributed by atoms with Crippen molar-refractivity contribution in [2.75, 3.05) is 13.2 Å². The summed E-state index contributed by atoms with van der Waals surface area (Å²) in [6, 6.07) is 19.1. The van der Waals surface area contributed by atoms with E-state index >= 15 is 0 Å². The van der Waals surface area contributed by atoms with Gasteiger partial charge in [-0.1, -0.05) is 24.3 Å². The summed E-state index contributed by atoms with van der Waals surface area (Å²) >= 11 is 0. The number of hydrogen-bond donors (Lipinski definition) is 0. The molecule has 4 aromatic rings. The van der Waals surface area contributed by atoms with Gasteiger partial charge in [0.25, 0.3) is 0 Å². The van der Waals surface area contributed by atoms with Gasteiger partial charge < -0.3 is 18.9 Å². The number of imidazole rings is 1.